The van der Waals surface area contributed by atoms with E-state index in [4.69, 9.17) is 37.0 Å². The van der Waals surface area contributed by atoms with E-state index in [0.717, 1.165) is 109 Å². The lowest BCUT2D eigenvalue weighted by Gasteiger charge is -2.21. The number of esters is 4. The predicted octanol–water partition coefficient (Wildman–Crippen LogP) is 21.7. The molecule has 0 aliphatic rings. The molecule has 19 heteroatoms. The smallest absolute Gasteiger partial charge is 0.462 e. The summed E-state index contributed by atoms with van der Waals surface area (Å²) in [6.07, 6.45) is 55.5. The summed E-state index contributed by atoms with van der Waals surface area (Å²) in [5.41, 5.74) is 0. The second-order valence-electron chi connectivity index (χ2n) is 27.2. The molecule has 0 aromatic heterocycles. The molecule has 0 bridgehead atoms. The van der Waals surface area contributed by atoms with E-state index in [2.05, 4.69) is 34.6 Å². The van der Waals surface area contributed by atoms with Crippen LogP contribution < -0.4 is 0 Å². The van der Waals surface area contributed by atoms with Crippen LogP contribution in [-0.2, 0) is 65.4 Å². The minimum atomic E-state index is -4.95. The molecule has 0 aromatic carbocycles. The summed E-state index contributed by atoms with van der Waals surface area (Å²) in [5, 5.41) is 10.6. The van der Waals surface area contributed by atoms with Gasteiger partial charge in [-0.3, -0.25) is 37.3 Å². The van der Waals surface area contributed by atoms with E-state index < -0.39 is 97.5 Å². The Hall–Kier alpha value is -1.94. The lowest BCUT2D eigenvalue weighted by atomic mass is 10.0. The van der Waals surface area contributed by atoms with Crippen LogP contribution in [0.4, 0.5) is 0 Å². The van der Waals surface area contributed by atoms with E-state index >= 15 is 0 Å². The molecule has 0 rings (SSSR count). The lowest BCUT2D eigenvalue weighted by Crippen LogP contribution is -2.30. The van der Waals surface area contributed by atoms with Gasteiger partial charge in [-0.15, -0.1) is 0 Å². The maximum absolute atomic E-state index is 13.1. The fourth-order valence-corrected chi connectivity index (χ4v) is 12.9. The Morgan fingerprint density at radius 2 is 0.495 bits per heavy atom. The quantitative estimate of drug-likeness (QED) is 0.0222. The Bertz CT molecular complexity index is 1790. The van der Waals surface area contributed by atoms with E-state index in [1.807, 2.05) is 0 Å². The van der Waals surface area contributed by atoms with Crippen LogP contribution in [0.5, 0.6) is 0 Å². The highest BCUT2D eigenvalue weighted by molar-refractivity contribution is 7.47. The first-order valence-electron chi connectivity index (χ1n) is 38.6. The van der Waals surface area contributed by atoms with Gasteiger partial charge in [-0.2, -0.15) is 0 Å². The fraction of sp³-hybridized carbons (Fsp3) is 0.946. The van der Waals surface area contributed by atoms with Gasteiger partial charge >= 0.3 is 39.5 Å². The highest BCUT2D eigenvalue weighted by Gasteiger charge is 2.30. The topological polar surface area (TPSA) is 237 Å². The van der Waals surface area contributed by atoms with Crippen molar-refractivity contribution in [1.82, 2.24) is 0 Å². The number of carbonyl (C=O) groups excluding carboxylic acids is 4. The second kappa shape index (κ2) is 67.3. The number of aliphatic hydroxyl groups excluding tert-OH is 1. The highest BCUT2D eigenvalue weighted by Crippen LogP contribution is 2.45. The summed E-state index contributed by atoms with van der Waals surface area (Å²) in [7, 11) is -9.90. The Morgan fingerprint density at radius 1 is 0.290 bits per heavy atom. The van der Waals surface area contributed by atoms with Crippen LogP contribution in [0, 0.1) is 5.92 Å². The molecule has 552 valence electrons. The van der Waals surface area contributed by atoms with Crippen molar-refractivity contribution in [3.63, 3.8) is 0 Å². The third kappa shape index (κ3) is 68.4. The van der Waals surface area contributed by atoms with E-state index in [9.17, 15) is 43.2 Å². The van der Waals surface area contributed by atoms with Crippen molar-refractivity contribution in [2.75, 3.05) is 39.6 Å². The van der Waals surface area contributed by atoms with Gasteiger partial charge in [0.2, 0.25) is 0 Å². The Labute approximate surface area is 568 Å². The van der Waals surface area contributed by atoms with E-state index in [0.29, 0.717) is 25.7 Å². The molecule has 0 amide bonds. The van der Waals surface area contributed by atoms with Crippen molar-refractivity contribution >= 4 is 39.5 Å². The van der Waals surface area contributed by atoms with Crippen molar-refractivity contribution in [3.8, 4) is 0 Å². The first kappa shape index (κ1) is 91.1. The summed E-state index contributed by atoms with van der Waals surface area (Å²) in [6.45, 7) is 7.26. The molecule has 0 aliphatic carbocycles. The molecule has 5 atom stereocenters. The molecule has 0 aliphatic heterocycles. The minimum Gasteiger partial charge on any atom is -0.462 e. The molecule has 17 nitrogen and oxygen atoms in total. The zero-order valence-corrected chi connectivity index (χ0v) is 62.2. The molecule has 0 saturated carbocycles. The lowest BCUT2D eigenvalue weighted by molar-refractivity contribution is -0.161. The highest BCUT2D eigenvalue weighted by atomic mass is 31.2. The molecule has 0 radical (unpaired) electrons. The molecule has 0 heterocycles. The van der Waals surface area contributed by atoms with Crippen LogP contribution in [-0.4, -0.2) is 96.7 Å². The van der Waals surface area contributed by atoms with Crippen molar-refractivity contribution in [3.05, 3.63) is 0 Å². The second-order valence-corrected chi connectivity index (χ2v) is 30.1. The monoisotopic (exact) mass is 1370 g/mol. The summed E-state index contributed by atoms with van der Waals surface area (Å²) in [5.74, 6) is -1.34. The zero-order valence-electron chi connectivity index (χ0n) is 60.4. The molecule has 0 spiro atoms. The normalized spacial score (nSPS) is 14.0. The Balaban J connectivity index is 5.19. The van der Waals surface area contributed by atoms with Gasteiger partial charge in [0.1, 0.15) is 19.3 Å². The SMILES string of the molecule is CCCCCCCCCCCCCCCCCCCCC(=O)O[C@H](COC(=O)CCCCCCCCCCCCCCC(C)C)COP(=O)(O)OC[C@@H](O)COP(=O)(O)OC[C@@H](COC(=O)CCCCCCCCC)OC(=O)CCCCCCCCCCCCCCC. The molecule has 0 fully saturated rings. The van der Waals surface area contributed by atoms with E-state index in [-0.39, 0.29) is 25.7 Å². The number of ether oxygens (including phenoxy) is 4. The molecular weight excluding hydrogens is 1220 g/mol. The predicted molar refractivity (Wildman–Crippen MR) is 377 cm³/mol. The van der Waals surface area contributed by atoms with Crippen LogP contribution in [0.3, 0.4) is 0 Å². The standard InChI is InChI=1S/C74H144O17P2/c1-6-9-12-15-18-20-22-24-25-26-27-28-30-36-40-45-50-55-60-74(79)91-70(64-85-72(77)58-53-48-43-38-34-32-31-33-37-42-46-51-56-67(4)5)66-89-93(82,83)87-62-68(75)61-86-92(80,81)88-65-69(63-84-71(76)57-52-47-41-17-14-11-8-3)90-73(78)59-54-49-44-39-35-29-23-21-19-16-13-10-7-2/h67-70,75H,6-66H2,1-5H3,(H,80,81)(H,82,83)/t68-,69+,70+/m0/s1. The van der Waals surface area contributed by atoms with E-state index in [1.165, 1.54) is 199 Å². The maximum atomic E-state index is 13.1. The number of carbonyl (C=O) groups is 4. The van der Waals surface area contributed by atoms with Crippen molar-refractivity contribution in [1.29, 1.82) is 0 Å². The van der Waals surface area contributed by atoms with Gasteiger partial charge in [-0.1, -0.05) is 336 Å². The molecular formula is C74H144O17P2. The van der Waals surface area contributed by atoms with Crippen molar-refractivity contribution in [2.45, 2.75) is 406 Å². The molecule has 93 heavy (non-hydrogen) atoms. The van der Waals surface area contributed by atoms with Gasteiger partial charge in [0, 0.05) is 25.7 Å². The first-order chi connectivity index (χ1) is 45.0. The van der Waals surface area contributed by atoms with Crippen LogP contribution in [0.15, 0.2) is 0 Å². The van der Waals surface area contributed by atoms with E-state index in [1.54, 1.807) is 0 Å². The van der Waals surface area contributed by atoms with Crippen molar-refractivity contribution in [2.24, 2.45) is 5.92 Å². The maximum Gasteiger partial charge on any atom is 0.472 e. The summed E-state index contributed by atoms with van der Waals surface area (Å²) >= 11 is 0. The van der Waals surface area contributed by atoms with Crippen molar-refractivity contribution < 1.29 is 80.2 Å². The van der Waals surface area contributed by atoms with Gasteiger partial charge < -0.3 is 33.8 Å². The number of phosphoric acid groups is 2. The van der Waals surface area contributed by atoms with Gasteiger partial charge in [-0.25, -0.2) is 9.13 Å². The van der Waals surface area contributed by atoms with Crippen LogP contribution in [0.25, 0.3) is 0 Å². The average Bonchev–Trinajstić information content (AvgIpc) is 2.48. The van der Waals surface area contributed by atoms with Gasteiger partial charge in [0.25, 0.3) is 0 Å². The Morgan fingerprint density at radius 3 is 0.731 bits per heavy atom. The number of hydrogen-bond donors (Lipinski definition) is 3. The summed E-state index contributed by atoms with van der Waals surface area (Å²) in [6, 6.07) is 0. The zero-order chi connectivity index (χ0) is 68.4. The van der Waals surface area contributed by atoms with Gasteiger partial charge in [0.15, 0.2) is 12.2 Å². The number of rotatable bonds is 74. The number of hydrogen-bond acceptors (Lipinski definition) is 15. The largest absolute Gasteiger partial charge is 0.472 e. The third-order valence-electron chi connectivity index (χ3n) is 17.3. The number of phosphoric ester groups is 2. The Kier molecular flexibility index (Phi) is 65.9. The average molecular weight is 1370 g/mol. The molecule has 0 saturated heterocycles. The van der Waals surface area contributed by atoms with Gasteiger partial charge in [-0.05, 0) is 31.6 Å². The number of aliphatic hydroxyl groups is 1. The minimum absolute atomic E-state index is 0.108. The van der Waals surface area contributed by atoms with Crippen LogP contribution >= 0.6 is 15.6 Å². The molecule has 3 N–H and O–H groups in total. The fourth-order valence-electron chi connectivity index (χ4n) is 11.4. The first-order valence-corrected chi connectivity index (χ1v) is 41.6. The molecule has 0 aromatic rings. The van der Waals surface area contributed by atoms with Gasteiger partial charge in [0.05, 0.1) is 26.4 Å². The summed E-state index contributed by atoms with van der Waals surface area (Å²) in [4.78, 5) is 72.6. The molecule has 2 unspecified atom stereocenters. The third-order valence-corrected chi connectivity index (χ3v) is 19.2. The van der Waals surface area contributed by atoms with Crippen LogP contribution in [0.2, 0.25) is 0 Å². The number of unbranched alkanes of at least 4 members (excludes halogenated alkanes) is 46. The summed E-state index contributed by atoms with van der Waals surface area (Å²) < 4.78 is 68.4. The van der Waals surface area contributed by atoms with Crippen LogP contribution in [0.1, 0.15) is 388 Å².